The molecule has 0 bridgehead atoms. The van der Waals surface area contributed by atoms with Gasteiger partial charge in [0.1, 0.15) is 5.69 Å². The largest absolute Gasteiger partial charge is 0.337 e. The number of nitrogens with zero attached hydrogens (tertiary/aromatic N) is 3. The van der Waals surface area contributed by atoms with Crippen LogP contribution in [0.1, 0.15) is 5.69 Å². The molecule has 0 aliphatic rings. The maximum absolute atomic E-state index is 5.98. The molecule has 0 amide bonds. The molecule has 0 aliphatic carbocycles. The van der Waals surface area contributed by atoms with Crippen molar-refractivity contribution in [2.75, 3.05) is 0 Å². The summed E-state index contributed by atoms with van der Waals surface area (Å²) in [6, 6.07) is 5.50. The molecular weight excluding hydrogens is 271 g/mol. The van der Waals surface area contributed by atoms with Crippen molar-refractivity contribution in [3.63, 3.8) is 0 Å². The molecule has 92 valence electrons. The fourth-order valence-electron chi connectivity index (χ4n) is 1.96. The molecule has 3 aromatic rings. The van der Waals surface area contributed by atoms with Crippen LogP contribution >= 0.6 is 23.2 Å². The minimum absolute atomic E-state index is 0.503. The van der Waals surface area contributed by atoms with Crippen LogP contribution in [0.2, 0.25) is 10.0 Å². The van der Waals surface area contributed by atoms with Crippen molar-refractivity contribution in [3.8, 4) is 11.5 Å². The van der Waals surface area contributed by atoms with Gasteiger partial charge in [0.15, 0.2) is 5.82 Å². The van der Waals surface area contributed by atoms with Gasteiger partial charge >= 0.3 is 0 Å². The highest BCUT2D eigenvalue weighted by Gasteiger charge is 2.11. The van der Waals surface area contributed by atoms with E-state index in [1.165, 1.54) is 0 Å². The summed E-state index contributed by atoms with van der Waals surface area (Å²) < 4.78 is 1.79. The van der Waals surface area contributed by atoms with Gasteiger partial charge in [0.05, 0.1) is 26.8 Å². The van der Waals surface area contributed by atoms with E-state index in [0.29, 0.717) is 10.0 Å². The third kappa shape index (κ3) is 1.78. The molecule has 0 unspecified atom stereocenters. The molecule has 2 aromatic heterocycles. The van der Waals surface area contributed by atoms with Crippen LogP contribution in [-0.2, 0) is 7.05 Å². The van der Waals surface area contributed by atoms with Crippen LogP contribution in [0.4, 0.5) is 0 Å². The van der Waals surface area contributed by atoms with Crippen molar-refractivity contribution in [2.45, 2.75) is 6.92 Å². The van der Waals surface area contributed by atoms with Gasteiger partial charge in [0.2, 0.25) is 0 Å². The first-order chi connectivity index (χ1) is 8.54. The Balaban J connectivity index is 2.22. The number of aromatic amines is 1. The van der Waals surface area contributed by atoms with Gasteiger partial charge in [0.25, 0.3) is 0 Å². The van der Waals surface area contributed by atoms with E-state index in [4.69, 9.17) is 23.2 Å². The number of H-pyrrole nitrogens is 1. The Hall–Kier alpha value is -1.52. The summed E-state index contributed by atoms with van der Waals surface area (Å²) >= 11 is 12.0. The molecular formula is C12H10Cl2N4. The Bertz CT molecular complexity index is 703. The van der Waals surface area contributed by atoms with Gasteiger partial charge in [-0.25, -0.2) is 4.98 Å². The van der Waals surface area contributed by atoms with E-state index in [-0.39, 0.29) is 0 Å². The van der Waals surface area contributed by atoms with Gasteiger partial charge in [-0.1, -0.05) is 23.2 Å². The zero-order valence-electron chi connectivity index (χ0n) is 9.83. The van der Waals surface area contributed by atoms with Crippen LogP contribution in [0, 0.1) is 6.92 Å². The first-order valence-corrected chi connectivity index (χ1v) is 6.16. The molecule has 18 heavy (non-hydrogen) atoms. The summed E-state index contributed by atoms with van der Waals surface area (Å²) in [5, 5.41) is 5.31. The minimum atomic E-state index is 0.503. The molecule has 0 atom stereocenters. The molecule has 2 heterocycles. The Morgan fingerprint density at radius 1 is 1.17 bits per heavy atom. The second-order valence-corrected chi connectivity index (χ2v) is 4.98. The van der Waals surface area contributed by atoms with Crippen LogP contribution in [0.15, 0.2) is 18.2 Å². The van der Waals surface area contributed by atoms with E-state index in [1.807, 2.05) is 20.0 Å². The van der Waals surface area contributed by atoms with E-state index < -0.39 is 0 Å². The summed E-state index contributed by atoms with van der Waals surface area (Å²) in [7, 11) is 1.88. The lowest BCUT2D eigenvalue weighted by molar-refractivity contribution is 0.760. The fraction of sp³-hybridized carbons (Fsp3) is 0.167. The van der Waals surface area contributed by atoms with Gasteiger partial charge in [0, 0.05) is 7.05 Å². The number of aromatic nitrogens is 4. The lowest BCUT2D eigenvalue weighted by Gasteiger charge is -1.95. The number of halogens is 2. The summed E-state index contributed by atoms with van der Waals surface area (Å²) in [5.74, 6) is 0.756. The van der Waals surface area contributed by atoms with Crippen molar-refractivity contribution >= 4 is 34.2 Å². The molecule has 3 rings (SSSR count). The van der Waals surface area contributed by atoms with E-state index in [2.05, 4.69) is 15.1 Å². The second-order valence-electron chi connectivity index (χ2n) is 4.16. The van der Waals surface area contributed by atoms with E-state index in [0.717, 1.165) is 28.2 Å². The van der Waals surface area contributed by atoms with Crippen LogP contribution in [0.25, 0.3) is 22.6 Å². The van der Waals surface area contributed by atoms with Gasteiger partial charge in [-0.2, -0.15) is 5.10 Å². The zero-order chi connectivity index (χ0) is 12.9. The standard InChI is InChI=1S/C12H10Cl2N4/c1-6-3-11(18(2)17-6)12-15-9-4-7(13)8(14)5-10(9)16-12/h3-5H,1-2H3,(H,15,16). The monoisotopic (exact) mass is 280 g/mol. The molecule has 6 heteroatoms. The van der Waals surface area contributed by atoms with Crippen molar-refractivity contribution in [1.82, 2.24) is 19.7 Å². The Kier molecular flexibility index (Phi) is 2.57. The highest BCUT2D eigenvalue weighted by atomic mass is 35.5. The summed E-state index contributed by atoms with van der Waals surface area (Å²) in [5.41, 5.74) is 3.52. The highest BCUT2D eigenvalue weighted by Crippen LogP contribution is 2.28. The average Bonchev–Trinajstić information content (AvgIpc) is 2.82. The third-order valence-corrected chi connectivity index (χ3v) is 3.49. The third-order valence-electron chi connectivity index (χ3n) is 2.77. The Morgan fingerprint density at radius 2 is 1.89 bits per heavy atom. The maximum atomic E-state index is 5.98. The van der Waals surface area contributed by atoms with Gasteiger partial charge < -0.3 is 4.98 Å². The van der Waals surface area contributed by atoms with Crippen LogP contribution < -0.4 is 0 Å². The van der Waals surface area contributed by atoms with Gasteiger partial charge in [-0.05, 0) is 25.1 Å². The predicted octanol–water partition coefficient (Wildman–Crippen LogP) is 3.58. The van der Waals surface area contributed by atoms with E-state index in [1.54, 1.807) is 16.8 Å². The molecule has 1 aromatic carbocycles. The van der Waals surface area contributed by atoms with Gasteiger partial charge in [-0.15, -0.1) is 0 Å². The first kappa shape index (κ1) is 11.6. The number of hydrogen-bond acceptors (Lipinski definition) is 2. The quantitative estimate of drug-likeness (QED) is 0.741. The molecule has 0 fully saturated rings. The van der Waals surface area contributed by atoms with Crippen molar-refractivity contribution in [1.29, 1.82) is 0 Å². The molecule has 0 saturated heterocycles. The molecule has 0 radical (unpaired) electrons. The average molecular weight is 281 g/mol. The second kappa shape index (κ2) is 4.00. The van der Waals surface area contributed by atoms with Crippen LogP contribution in [0.5, 0.6) is 0 Å². The Labute approximate surface area is 114 Å². The smallest absolute Gasteiger partial charge is 0.156 e. The van der Waals surface area contributed by atoms with E-state index >= 15 is 0 Å². The van der Waals surface area contributed by atoms with Gasteiger partial charge in [-0.3, -0.25) is 4.68 Å². The van der Waals surface area contributed by atoms with Crippen molar-refractivity contribution in [2.24, 2.45) is 7.05 Å². The number of imidazole rings is 1. The Morgan fingerprint density at radius 3 is 2.56 bits per heavy atom. The number of rotatable bonds is 1. The normalized spacial score (nSPS) is 11.3. The topological polar surface area (TPSA) is 46.5 Å². The minimum Gasteiger partial charge on any atom is -0.337 e. The first-order valence-electron chi connectivity index (χ1n) is 5.40. The van der Waals surface area contributed by atoms with Crippen LogP contribution in [-0.4, -0.2) is 19.7 Å². The number of aryl methyl sites for hydroxylation is 2. The number of hydrogen-bond donors (Lipinski definition) is 1. The lowest BCUT2D eigenvalue weighted by Crippen LogP contribution is -1.94. The fourth-order valence-corrected chi connectivity index (χ4v) is 2.28. The number of nitrogens with one attached hydrogen (secondary N) is 1. The van der Waals surface area contributed by atoms with E-state index in [9.17, 15) is 0 Å². The SMILES string of the molecule is Cc1cc(-c2nc3cc(Cl)c(Cl)cc3[nH]2)n(C)n1. The summed E-state index contributed by atoms with van der Waals surface area (Å²) in [6.07, 6.45) is 0. The number of benzene rings is 1. The zero-order valence-corrected chi connectivity index (χ0v) is 11.3. The summed E-state index contributed by atoms with van der Waals surface area (Å²) in [4.78, 5) is 7.72. The van der Waals surface area contributed by atoms with Crippen molar-refractivity contribution in [3.05, 3.63) is 33.9 Å². The lowest BCUT2D eigenvalue weighted by atomic mass is 10.3. The molecule has 0 spiro atoms. The number of fused-ring (bicyclic) bond motifs is 1. The predicted molar refractivity (Wildman–Crippen MR) is 73.1 cm³/mol. The highest BCUT2D eigenvalue weighted by molar-refractivity contribution is 6.42. The maximum Gasteiger partial charge on any atom is 0.156 e. The summed E-state index contributed by atoms with van der Waals surface area (Å²) in [6.45, 7) is 1.94. The molecule has 0 aliphatic heterocycles. The van der Waals surface area contributed by atoms with Crippen LogP contribution in [0.3, 0.4) is 0 Å². The van der Waals surface area contributed by atoms with Crippen molar-refractivity contribution < 1.29 is 0 Å². The molecule has 1 N–H and O–H groups in total. The molecule has 4 nitrogen and oxygen atoms in total. The molecule has 0 saturated carbocycles.